The van der Waals surface area contributed by atoms with Crippen LogP contribution in [-0.4, -0.2) is 42.4 Å². The average Bonchev–Trinajstić information content (AvgIpc) is 2.78. The highest BCUT2D eigenvalue weighted by molar-refractivity contribution is 5.68. The van der Waals surface area contributed by atoms with Gasteiger partial charge in [0.15, 0.2) is 0 Å². The van der Waals surface area contributed by atoms with Crippen LogP contribution >= 0.6 is 0 Å². The SMILES string of the molecule is C=C(C)c1ccc2c(c1)[C@H]1OC(CN(CC)CCO)CC[C@H]1[C@H](c1ccccc1)N2. The number of aliphatic hydroxyl groups is 1. The van der Waals surface area contributed by atoms with Crippen molar-refractivity contribution in [1.82, 2.24) is 4.90 Å². The van der Waals surface area contributed by atoms with E-state index in [1.807, 2.05) is 0 Å². The Balaban J connectivity index is 1.65. The Morgan fingerprint density at radius 3 is 2.70 bits per heavy atom. The molecule has 0 radical (unpaired) electrons. The molecule has 0 aromatic heterocycles. The third-order valence-electron chi connectivity index (χ3n) is 6.62. The number of ether oxygens (including phenoxy) is 1. The van der Waals surface area contributed by atoms with Gasteiger partial charge in [-0.3, -0.25) is 4.90 Å². The number of nitrogens with zero attached hydrogens (tertiary/aromatic N) is 1. The van der Waals surface area contributed by atoms with E-state index >= 15 is 0 Å². The maximum Gasteiger partial charge on any atom is 0.0900 e. The van der Waals surface area contributed by atoms with Crippen molar-refractivity contribution >= 4 is 11.3 Å². The maximum atomic E-state index is 9.36. The summed E-state index contributed by atoms with van der Waals surface area (Å²) in [5, 5.41) is 13.2. The first-order valence-corrected chi connectivity index (χ1v) is 11.2. The lowest BCUT2D eigenvalue weighted by Crippen LogP contribution is -2.43. The molecular weight excluding hydrogens is 372 g/mol. The van der Waals surface area contributed by atoms with Crippen LogP contribution in [-0.2, 0) is 4.74 Å². The van der Waals surface area contributed by atoms with Crippen LogP contribution in [0.1, 0.15) is 55.5 Å². The number of nitrogens with one attached hydrogen (secondary N) is 1. The van der Waals surface area contributed by atoms with Gasteiger partial charge in [0.25, 0.3) is 0 Å². The van der Waals surface area contributed by atoms with Crippen LogP contribution in [0.15, 0.2) is 55.1 Å². The first kappa shape index (κ1) is 21.1. The fourth-order valence-corrected chi connectivity index (χ4v) is 4.95. The topological polar surface area (TPSA) is 44.7 Å². The summed E-state index contributed by atoms with van der Waals surface area (Å²) in [5.74, 6) is 0.393. The molecule has 0 bridgehead atoms. The Bertz CT molecular complexity index is 867. The Hall–Kier alpha value is -2.14. The molecule has 0 amide bonds. The Morgan fingerprint density at radius 2 is 2.00 bits per heavy atom. The van der Waals surface area contributed by atoms with Crippen LogP contribution < -0.4 is 5.32 Å². The van der Waals surface area contributed by atoms with Crippen molar-refractivity contribution < 1.29 is 9.84 Å². The van der Waals surface area contributed by atoms with Crippen molar-refractivity contribution in [3.05, 3.63) is 71.8 Å². The van der Waals surface area contributed by atoms with Gasteiger partial charge in [0.1, 0.15) is 0 Å². The monoisotopic (exact) mass is 406 g/mol. The van der Waals surface area contributed by atoms with Crippen LogP contribution in [0.4, 0.5) is 5.69 Å². The van der Waals surface area contributed by atoms with E-state index in [0.717, 1.165) is 31.5 Å². The van der Waals surface area contributed by atoms with E-state index in [2.05, 4.69) is 79.2 Å². The highest BCUT2D eigenvalue weighted by atomic mass is 16.5. The molecule has 1 unspecified atom stereocenters. The average molecular weight is 407 g/mol. The number of anilines is 1. The predicted octanol–water partition coefficient (Wildman–Crippen LogP) is 5.04. The summed E-state index contributed by atoms with van der Waals surface area (Å²) in [6.07, 6.45) is 2.42. The first-order chi connectivity index (χ1) is 14.6. The second-order valence-corrected chi connectivity index (χ2v) is 8.65. The van der Waals surface area contributed by atoms with E-state index in [1.54, 1.807) is 0 Å². The molecule has 4 atom stereocenters. The lowest BCUT2D eigenvalue weighted by Gasteiger charge is -2.46. The molecule has 0 spiro atoms. The molecule has 2 aromatic rings. The smallest absolute Gasteiger partial charge is 0.0900 e. The predicted molar refractivity (Wildman–Crippen MR) is 123 cm³/mol. The number of allylic oxidation sites excluding steroid dienone is 1. The number of aliphatic hydroxyl groups excluding tert-OH is 1. The number of likely N-dealkylation sites (N-methyl/N-ethyl adjacent to an activating group) is 1. The Kier molecular flexibility index (Phi) is 6.57. The van der Waals surface area contributed by atoms with Gasteiger partial charge in [0.05, 0.1) is 24.9 Å². The van der Waals surface area contributed by atoms with Gasteiger partial charge in [0, 0.05) is 30.3 Å². The Morgan fingerprint density at radius 1 is 1.20 bits per heavy atom. The van der Waals surface area contributed by atoms with Crippen molar-refractivity contribution in [3.8, 4) is 0 Å². The molecule has 1 saturated heterocycles. The third kappa shape index (κ3) is 4.31. The molecule has 4 rings (SSSR count). The van der Waals surface area contributed by atoms with E-state index in [9.17, 15) is 5.11 Å². The van der Waals surface area contributed by atoms with Crippen LogP contribution in [0.25, 0.3) is 5.57 Å². The van der Waals surface area contributed by atoms with Gasteiger partial charge in [-0.2, -0.15) is 0 Å². The zero-order chi connectivity index (χ0) is 21.1. The molecule has 0 aliphatic carbocycles. The largest absolute Gasteiger partial charge is 0.395 e. The minimum absolute atomic E-state index is 0.0670. The molecule has 2 aliphatic heterocycles. The van der Waals surface area contributed by atoms with Gasteiger partial charge in [-0.15, -0.1) is 0 Å². The van der Waals surface area contributed by atoms with Gasteiger partial charge >= 0.3 is 0 Å². The van der Waals surface area contributed by atoms with E-state index in [1.165, 1.54) is 22.4 Å². The lowest BCUT2D eigenvalue weighted by molar-refractivity contribution is -0.103. The Labute approximate surface area is 180 Å². The summed E-state index contributed by atoms with van der Waals surface area (Å²) in [6.45, 7) is 11.0. The molecule has 0 saturated carbocycles. The van der Waals surface area contributed by atoms with Crippen molar-refractivity contribution in [3.63, 3.8) is 0 Å². The number of fused-ring (bicyclic) bond motifs is 3. The van der Waals surface area contributed by atoms with Crippen LogP contribution in [0, 0.1) is 5.92 Å². The van der Waals surface area contributed by atoms with Crippen LogP contribution in [0.2, 0.25) is 0 Å². The van der Waals surface area contributed by atoms with Gasteiger partial charge in [-0.05, 0) is 49.6 Å². The molecule has 2 aromatic carbocycles. The molecular formula is C26H34N2O2. The second kappa shape index (κ2) is 9.34. The minimum atomic E-state index is 0.0670. The van der Waals surface area contributed by atoms with Crippen LogP contribution in [0.5, 0.6) is 0 Å². The normalized spacial score (nSPS) is 25.3. The summed E-state index contributed by atoms with van der Waals surface area (Å²) in [6, 6.07) is 17.6. The zero-order valence-corrected chi connectivity index (χ0v) is 18.2. The summed E-state index contributed by atoms with van der Waals surface area (Å²) >= 11 is 0. The summed E-state index contributed by atoms with van der Waals surface area (Å²) in [5.41, 5.74) is 5.99. The fourth-order valence-electron chi connectivity index (χ4n) is 4.95. The summed E-state index contributed by atoms with van der Waals surface area (Å²) in [7, 11) is 0. The number of rotatable bonds is 7. The molecule has 160 valence electrons. The molecule has 1 fully saturated rings. The fraction of sp³-hybridized carbons (Fsp3) is 0.462. The van der Waals surface area contributed by atoms with Crippen molar-refractivity contribution in [2.45, 2.75) is 44.9 Å². The second-order valence-electron chi connectivity index (χ2n) is 8.65. The number of hydrogen-bond donors (Lipinski definition) is 2. The number of hydrogen-bond acceptors (Lipinski definition) is 4. The van der Waals surface area contributed by atoms with Gasteiger partial charge in [-0.1, -0.05) is 55.5 Å². The van der Waals surface area contributed by atoms with Gasteiger partial charge in [0.2, 0.25) is 0 Å². The first-order valence-electron chi connectivity index (χ1n) is 11.2. The standard InChI is InChI=1S/C26H34N2O2/c1-4-28(14-15-29)17-21-11-12-22-25(19-8-6-5-7-9-19)27-24-13-10-20(18(2)3)16-23(24)26(22)30-21/h5-10,13,16,21-22,25-27,29H,2,4,11-12,14-15,17H2,1,3H3/t21?,22-,25-,26-/m0/s1. The van der Waals surface area contributed by atoms with Gasteiger partial charge < -0.3 is 15.2 Å². The zero-order valence-electron chi connectivity index (χ0n) is 18.2. The highest BCUT2D eigenvalue weighted by Crippen LogP contribution is 2.50. The molecule has 4 nitrogen and oxygen atoms in total. The van der Waals surface area contributed by atoms with Gasteiger partial charge in [-0.25, -0.2) is 0 Å². The van der Waals surface area contributed by atoms with E-state index in [0.29, 0.717) is 12.5 Å². The molecule has 4 heteroatoms. The van der Waals surface area contributed by atoms with Crippen LogP contribution in [0.3, 0.4) is 0 Å². The quantitative estimate of drug-likeness (QED) is 0.676. The molecule has 2 heterocycles. The summed E-state index contributed by atoms with van der Waals surface area (Å²) in [4.78, 5) is 2.28. The number of benzene rings is 2. The lowest BCUT2D eigenvalue weighted by atomic mass is 9.76. The van der Waals surface area contributed by atoms with Crippen molar-refractivity contribution in [1.29, 1.82) is 0 Å². The van der Waals surface area contributed by atoms with Crippen molar-refractivity contribution in [2.24, 2.45) is 5.92 Å². The third-order valence-corrected chi connectivity index (χ3v) is 6.62. The van der Waals surface area contributed by atoms with E-state index in [4.69, 9.17) is 4.74 Å². The molecule has 30 heavy (non-hydrogen) atoms. The summed E-state index contributed by atoms with van der Waals surface area (Å²) < 4.78 is 6.79. The molecule has 2 aliphatic rings. The van der Waals surface area contributed by atoms with E-state index < -0.39 is 0 Å². The van der Waals surface area contributed by atoms with E-state index in [-0.39, 0.29) is 24.9 Å². The minimum Gasteiger partial charge on any atom is -0.395 e. The molecule has 2 N–H and O–H groups in total. The highest BCUT2D eigenvalue weighted by Gasteiger charge is 2.42. The van der Waals surface area contributed by atoms with Crippen molar-refractivity contribution in [2.75, 3.05) is 31.6 Å². The maximum absolute atomic E-state index is 9.36.